The highest BCUT2D eigenvalue weighted by Gasteiger charge is 2.15. The molecule has 0 radical (unpaired) electrons. The Balaban J connectivity index is 2.13. The van der Waals surface area contributed by atoms with Gasteiger partial charge in [0.25, 0.3) is 0 Å². The zero-order valence-corrected chi connectivity index (χ0v) is 10.2. The van der Waals surface area contributed by atoms with Gasteiger partial charge in [0.15, 0.2) is 6.54 Å². The minimum atomic E-state index is 0.0913. The van der Waals surface area contributed by atoms with Crippen LogP contribution in [0.2, 0.25) is 0 Å². The van der Waals surface area contributed by atoms with E-state index in [9.17, 15) is 0 Å². The van der Waals surface area contributed by atoms with E-state index in [1.165, 1.54) is 15.2 Å². The Morgan fingerprint density at radius 1 is 1.31 bits per heavy atom. The molecule has 86 valence electrons. The van der Waals surface area contributed by atoms with E-state index in [2.05, 4.69) is 35.8 Å². The van der Waals surface area contributed by atoms with Crippen LogP contribution in [0, 0.1) is 6.92 Å². The Hall–Kier alpha value is -0.970. The third-order valence-corrected chi connectivity index (χ3v) is 3.57. The lowest BCUT2D eigenvalue weighted by Gasteiger charge is -1.99. The molecule has 1 aromatic heterocycles. The van der Waals surface area contributed by atoms with Gasteiger partial charge in [-0.05, 0) is 6.07 Å². The Labute approximate surface area is 98.9 Å². The average Bonchev–Trinajstić information content (AvgIpc) is 2.61. The third kappa shape index (κ3) is 2.40. The minimum absolute atomic E-state index is 0.0913. The predicted octanol–water partition coefficient (Wildman–Crippen LogP) is 1.51. The zero-order valence-electron chi connectivity index (χ0n) is 9.35. The smallest absolute Gasteiger partial charge is 0.235 e. The number of ether oxygens (including phenoxy) is 1. The number of aryl methyl sites for hydroxylation is 1. The first-order chi connectivity index (χ1) is 7.83. The number of aliphatic hydroxyl groups excluding tert-OH is 1. The van der Waals surface area contributed by atoms with E-state index in [-0.39, 0.29) is 6.61 Å². The summed E-state index contributed by atoms with van der Waals surface area (Å²) >= 11 is 1.80. The maximum Gasteiger partial charge on any atom is 0.235 e. The molecule has 0 fully saturated rings. The topological polar surface area (TPSA) is 33.3 Å². The van der Waals surface area contributed by atoms with E-state index in [0.717, 1.165) is 6.54 Å². The van der Waals surface area contributed by atoms with E-state index in [1.807, 2.05) is 0 Å². The number of para-hydroxylation sites is 1. The van der Waals surface area contributed by atoms with Crippen molar-refractivity contribution in [1.82, 2.24) is 0 Å². The number of rotatable bonds is 5. The van der Waals surface area contributed by atoms with Gasteiger partial charge in [0, 0.05) is 13.0 Å². The first-order valence-electron chi connectivity index (χ1n) is 5.39. The number of aromatic nitrogens is 1. The molecule has 0 aliphatic heterocycles. The fourth-order valence-electron chi connectivity index (χ4n) is 1.75. The summed E-state index contributed by atoms with van der Waals surface area (Å²) in [6, 6.07) is 8.38. The molecule has 16 heavy (non-hydrogen) atoms. The Bertz CT molecular complexity index is 467. The second-order valence-electron chi connectivity index (χ2n) is 3.58. The molecule has 0 bridgehead atoms. The van der Waals surface area contributed by atoms with Crippen molar-refractivity contribution in [3.63, 3.8) is 0 Å². The monoisotopic (exact) mass is 238 g/mol. The molecular formula is C12H16NO2S+. The molecule has 2 aromatic rings. The van der Waals surface area contributed by atoms with Gasteiger partial charge in [-0.1, -0.05) is 23.5 Å². The number of benzene rings is 1. The molecule has 0 saturated heterocycles. The Morgan fingerprint density at radius 2 is 2.12 bits per heavy atom. The van der Waals surface area contributed by atoms with Crippen LogP contribution in [-0.4, -0.2) is 24.9 Å². The molecule has 2 rings (SSSR count). The number of hydrogen-bond acceptors (Lipinski definition) is 3. The van der Waals surface area contributed by atoms with Gasteiger partial charge < -0.3 is 9.84 Å². The fourth-order valence-corrected chi connectivity index (χ4v) is 2.80. The molecule has 3 nitrogen and oxygen atoms in total. The summed E-state index contributed by atoms with van der Waals surface area (Å²) in [5.41, 5.74) is 1.26. The lowest BCUT2D eigenvalue weighted by molar-refractivity contribution is -0.674. The van der Waals surface area contributed by atoms with Gasteiger partial charge in [-0.15, -0.1) is 0 Å². The summed E-state index contributed by atoms with van der Waals surface area (Å²) in [7, 11) is 0. The summed E-state index contributed by atoms with van der Waals surface area (Å²) in [4.78, 5) is 0. The van der Waals surface area contributed by atoms with Crippen molar-refractivity contribution in [2.75, 3.05) is 19.8 Å². The van der Waals surface area contributed by atoms with Crippen molar-refractivity contribution in [2.24, 2.45) is 0 Å². The first kappa shape index (κ1) is 11.5. The van der Waals surface area contributed by atoms with E-state index in [0.29, 0.717) is 13.2 Å². The molecule has 1 N–H and O–H groups in total. The average molecular weight is 238 g/mol. The van der Waals surface area contributed by atoms with Crippen molar-refractivity contribution in [2.45, 2.75) is 13.5 Å². The summed E-state index contributed by atoms with van der Waals surface area (Å²) < 4.78 is 8.86. The molecule has 0 saturated carbocycles. The lowest BCUT2D eigenvalue weighted by Crippen LogP contribution is -2.37. The molecule has 0 aliphatic carbocycles. The summed E-state index contributed by atoms with van der Waals surface area (Å²) in [5, 5.41) is 9.91. The van der Waals surface area contributed by atoms with E-state index >= 15 is 0 Å². The molecule has 0 amide bonds. The number of aliphatic hydroxyl groups is 1. The highest BCUT2D eigenvalue weighted by atomic mass is 32.1. The standard InChI is InChI=1S/C12H16NO2S/c1-10-13(6-8-15-9-7-14)11-4-2-3-5-12(11)16-10/h2-5,14H,6-9H2,1H3/q+1. The van der Waals surface area contributed by atoms with Gasteiger partial charge in [-0.25, -0.2) is 0 Å². The Kier molecular flexibility index (Phi) is 3.88. The maximum absolute atomic E-state index is 8.62. The molecule has 0 unspecified atom stereocenters. The summed E-state index contributed by atoms with van der Waals surface area (Å²) in [5.74, 6) is 0. The molecule has 0 aliphatic rings. The van der Waals surface area contributed by atoms with Crippen LogP contribution >= 0.6 is 11.3 Å². The molecule has 4 heteroatoms. The van der Waals surface area contributed by atoms with Crippen LogP contribution in [0.5, 0.6) is 0 Å². The van der Waals surface area contributed by atoms with Gasteiger partial charge in [0.05, 0.1) is 13.2 Å². The van der Waals surface area contributed by atoms with Crippen molar-refractivity contribution in [3.05, 3.63) is 29.3 Å². The number of thiazole rings is 1. The molecule has 0 atom stereocenters. The van der Waals surface area contributed by atoms with Crippen molar-refractivity contribution >= 4 is 21.6 Å². The third-order valence-electron chi connectivity index (χ3n) is 2.49. The summed E-state index contributed by atoms with van der Waals surface area (Å²) in [6.45, 7) is 4.12. The van der Waals surface area contributed by atoms with Crippen LogP contribution in [0.25, 0.3) is 10.2 Å². The Morgan fingerprint density at radius 3 is 2.94 bits per heavy atom. The number of fused-ring (bicyclic) bond motifs is 1. The minimum Gasteiger partial charge on any atom is -0.394 e. The molecule has 1 heterocycles. The van der Waals surface area contributed by atoms with E-state index in [1.54, 1.807) is 11.3 Å². The van der Waals surface area contributed by atoms with Crippen LogP contribution in [0.3, 0.4) is 0 Å². The van der Waals surface area contributed by atoms with Gasteiger partial charge in [-0.2, -0.15) is 4.57 Å². The van der Waals surface area contributed by atoms with Gasteiger partial charge >= 0.3 is 0 Å². The normalized spacial score (nSPS) is 11.1. The fraction of sp³-hybridized carbons (Fsp3) is 0.417. The van der Waals surface area contributed by atoms with Gasteiger partial charge in [0.1, 0.15) is 11.3 Å². The second kappa shape index (κ2) is 5.39. The highest BCUT2D eigenvalue weighted by Crippen LogP contribution is 2.18. The maximum atomic E-state index is 8.62. The number of nitrogens with zero attached hydrogens (tertiary/aromatic N) is 1. The van der Waals surface area contributed by atoms with Crippen molar-refractivity contribution in [3.8, 4) is 0 Å². The molecule has 1 aromatic carbocycles. The zero-order chi connectivity index (χ0) is 11.4. The van der Waals surface area contributed by atoms with Crippen molar-refractivity contribution < 1.29 is 14.4 Å². The predicted molar refractivity (Wildman–Crippen MR) is 64.7 cm³/mol. The SMILES string of the molecule is Cc1sc2ccccc2[n+]1CCOCCO. The van der Waals surface area contributed by atoms with Gasteiger partial charge in [0.2, 0.25) is 10.5 Å². The van der Waals surface area contributed by atoms with Crippen LogP contribution in [0.1, 0.15) is 5.01 Å². The highest BCUT2D eigenvalue weighted by molar-refractivity contribution is 7.18. The van der Waals surface area contributed by atoms with E-state index < -0.39 is 0 Å². The number of hydrogen-bond donors (Lipinski definition) is 1. The van der Waals surface area contributed by atoms with Gasteiger partial charge in [-0.3, -0.25) is 0 Å². The van der Waals surface area contributed by atoms with Crippen LogP contribution in [0.4, 0.5) is 0 Å². The second-order valence-corrected chi connectivity index (χ2v) is 4.81. The van der Waals surface area contributed by atoms with E-state index in [4.69, 9.17) is 9.84 Å². The summed E-state index contributed by atoms with van der Waals surface area (Å²) in [6.07, 6.45) is 0. The quantitative estimate of drug-likeness (QED) is 0.632. The molecule has 0 spiro atoms. The largest absolute Gasteiger partial charge is 0.394 e. The molecular weight excluding hydrogens is 222 g/mol. The van der Waals surface area contributed by atoms with Crippen LogP contribution < -0.4 is 4.57 Å². The van der Waals surface area contributed by atoms with Crippen LogP contribution in [0.15, 0.2) is 24.3 Å². The van der Waals surface area contributed by atoms with Crippen molar-refractivity contribution in [1.29, 1.82) is 0 Å². The van der Waals surface area contributed by atoms with Crippen LogP contribution in [-0.2, 0) is 11.3 Å². The first-order valence-corrected chi connectivity index (χ1v) is 6.21. The lowest BCUT2D eigenvalue weighted by atomic mass is 10.3.